The number of hydrogen-bond donors (Lipinski definition) is 3. The van der Waals surface area contributed by atoms with Crippen LogP contribution in [-0.4, -0.2) is 119 Å². The summed E-state index contributed by atoms with van der Waals surface area (Å²) in [6.07, 6.45) is -2.16. The van der Waals surface area contributed by atoms with Crippen LogP contribution in [0.2, 0.25) is 0 Å². The van der Waals surface area contributed by atoms with Crippen molar-refractivity contribution in [3.63, 3.8) is 0 Å². The third-order valence-corrected chi connectivity index (χ3v) is 12.2. The smallest absolute Gasteiger partial charge is 0.417 e. The molecule has 0 radical (unpaired) electrons. The molecule has 6 aromatic rings. The Hall–Kier alpha value is -8.21. The zero-order valence-electron chi connectivity index (χ0n) is 38.4. The van der Waals surface area contributed by atoms with Gasteiger partial charge < -0.3 is 30.1 Å². The van der Waals surface area contributed by atoms with E-state index in [1.54, 1.807) is 55.1 Å². The van der Waals surface area contributed by atoms with E-state index in [1.807, 2.05) is 12.1 Å². The van der Waals surface area contributed by atoms with Crippen molar-refractivity contribution >= 4 is 29.5 Å². The summed E-state index contributed by atoms with van der Waals surface area (Å²) in [7, 11) is 0. The monoisotopic (exact) mass is 972 g/mol. The third kappa shape index (κ3) is 9.34. The number of carbonyl (C=O) groups excluding carboxylic acids is 3. The second-order valence-corrected chi connectivity index (χ2v) is 18.2. The lowest BCUT2D eigenvalue weighted by atomic mass is 10.0. The number of carbonyl (C=O) groups is 3. The van der Waals surface area contributed by atoms with Gasteiger partial charge in [-0.25, -0.2) is 46.6 Å². The molecule has 3 amide bonds. The number of aliphatic hydroxyl groups is 2. The van der Waals surface area contributed by atoms with Crippen LogP contribution in [0.1, 0.15) is 76.8 Å². The van der Waals surface area contributed by atoms with E-state index >= 15 is 0 Å². The van der Waals surface area contributed by atoms with Crippen LogP contribution < -0.4 is 15.1 Å². The van der Waals surface area contributed by atoms with E-state index in [2.05, 4.69) is 25.5 Å². The summed E-state index contributed by atoms with van der Waals surface area (Å²) < 4.78 is 65.3. The van der Waals surface area contributed by atoms with E-state index < -0.39 is 53.8 Å². The quantitative estimate of drug-likeness (QED) is 0.167. The third-order valence-electron chi connectivity index (χ3n) is 12.2. The number of aliphatic hydroxyl groups excluding tert-OH is 2. The maximum absolute atomic E-state index is 15.0. The van der Waals surface area contributed by atoms with Gasteiger partial charge in [-0.3, -0.25) is 9.59 Å². The molecule has 4 aliphatic rings. The van der Waals surface area contributed by atoms with Crippen LogP contribution in [0.15, 0.2) is 73.1 Å². The van der Waals surface area contributed by atoms with Gasteiger partial charge in [-0.15, -0.1) is 0 Å². The molecule has 0 aliphatic carbocycles. The van der Waals surface area contributed by atoms with Crippen LogP contribution in [0, 0.1) is 34.3 Å². The first-order valence-corrected chi connectivity index (χ1v) is 22.5. The number of halogens is 4. The topological polar surface area (TPSA) is 232 Å². The van der Waals surface area contributed by atoms with Crippen LogP contribution in [-0.2, 0) is 17.8 Å². The number of aromatic nitrogens is 6. The predicted octanol–water partition coefficient (Wildman–Crippen LogP) is 5.84. The van der Waals surface area contributed by atoms with E-state index in [1.165, 1.54) is 57.9 Å². The standard InChI is InChI=1S/C27H26F2N6O4.C22H18F2N6O2/c1-27(2,3)39-26(38)34-13-19-24(25(34)37)20(11-18(31-19)23-15(12-30)5-4-6-17(23)29)35-10-8-22(32-35)33-9-7-16(28)21(36)14-33;23-13-4-6-29(11-18(13)31)19-5-7-30(28-19)17-8-15(27-16-10-26-22(32)21(16)17)20-12(9-25)2-1-3-14(20)24/h4-6,8,10-11,16,21,36H,7,9,13-14H2,1-3H3;1-3,5,7-8,13,18,31H,4,6,10-11H2,(H,26,32). The van der Waals surface area contributed by atoms with Crippen LogP contribution in [0.5, 0.6) is 0 Å². The Morgan fingerprint density at radius 2 is 1.24 bits per heavy atom. The van der Waals surface area contributed by atoms with Crippen molar-refractivity contribution in [3.8, 4) is 46.0 Å². The van der Waals surface area contributed by atoms with Crippen molar-refractivity contribution in [2.75, 3.05) is 36.0 Å². The number of alkyl halides is 2. The molecule has 2 aromatic carbocycles. The summed E-state index contributed by atoms with van der Waals surface area (Å²) in [6.45, 7) is 5.88. The van der Waals surface area contributed by atoms with Gasteiger partial charge in [0.25, 0.3) is 11.8 Å². The Balaban J connectivity index is 0.000000179. The van der Waals surface area contributed by atoms with Gasteiger partial charge in [0.2, 0.25) is 0 Å². The van der Waals surface area contributed by atoms with Gasteiger partial charge in [0, 0.05) is 50.7 Å². The number of piperidine rings is 2. The summed E-state index contributed by atoms with van der Waals surface area (Å²) >= 11 is 0. The number of nitrogens with one attached hydrogen (secondary N) is 1. The molecule has 71 heavy (non-hydrogen) atoms. The van der Waals surface area contributed by atoms with Gasteiger partial charge in [-0.05, 0) is 70.0 Å². The van der Waals surface area contributed by atoms with Crippen LogP contribution in [0.4, 0.5) is 34.0 Å². The van der Waals surface area contributed by atoms with Gasteiger partial charge >= 0.3 is 6.09 Å². The predicted molar refractivity (Wildman–Crippen MR) is 246 cm³/mol. The fraction of sp³-hybridized carbons (Fsp3) is 0.327. The van der Waals surface area contributed by atoms with Gasteiger partial charge in [0.05, 0.1) is 92.8 Å². The van der Waals surface area contributed by atoms with E-state index in [9.17, 15) is 52.7 Å². The van der Waals surface area contributed by atoms with Crippen molar-refractivity contribution < 1.29 is 46.9 Å². The second-order valence-electron chi connectivity index (χ2n) is 18.2. The molecular weight excluding hydrogens is 929 g/mol. The zero-order valence-corrected chi connectivity index (χ0v) is 38.4. The first kappa shape index (κ1) is 47.8. The Kier molecular flexibility index (Phi) is 12.8. The Labute approximate surface area is 402 Å². The number of pyridine rings is 2. The summed E-state index contributed by atoms with van der Waals surface area (Å²) in [5.74, 6) is -1.30. The lowest BCUT2D eigenvalue weighted by molar-refractivity contribution is 0.0246. The fourth-order valence-corrected chi connectivity index (χ4v) is 8.79. The Morgan fingerprint density at radius 1 is 0.746 bits per heavy atom. The minimum Gasteiger partial charge on any atom is -0.443 e. The molecule has 0 spiro atoms. The molecule has 4 unspecified atom stereocenters. The van der Waals surface area contributed by atoms with Gasteiger partial charge in [-0.1, -0.05) is 12.1 Å². The first-order valence-electron chi connectivity index (χ1n) is 22.5. The maximum atomic E-state index is 15.0. The first-order chi connectivity index (χ1) is 33.9. The molecule has 10 rings (SSSR count). The summed E-state index contributed by atoms with van der Waals surface area (Å²) in [5.41, 5.74) is 1.26. The number of fused-ring (bicyclic) bond motifs is 2. The molecule has 364 valence electrons. The van der Waals surface area contributed by atoms with E-state index in [0.29, 0.717) is 41.7 Å². The molecule has 0 bridgehead atoms. The number of nitriles is 2. The van der Waals surface area contributed by atoms with Gasteiger partial charge in [-0.2, -0.15) is 20.7 Å². The number of amides is 3. The van der Waals surface area contributed by atoms with Crippen molar-refractivity contribution in [1.29, 1.82) is 10.5 Å². The molecule has 4 atom stereocenters. The number of ether oxygens (including phenoxy) is 1. The minimum absolute atomic E-state index is 0.0456. The normalized spacial score (nSPS) is 19.6. The molecule has 4 aliphatic heterocycles. The van der Waals surface area contributed by atoms with E-state index in [0.717, 1.165) is 4.90 Å². The maximum Gasteiger partial charge on any atom is 0.417 e. The number of hydrogen-bond acceptors (Lipinski definition) is 14. The largest absolute Gasteiger partial charge is 0.443 e. The average Bonchev–Trinajstić information content (AvgIpc) is 4.17. The molecule has 22 heteroatoms. The Morgan fingerprint density at radius 3 is 1.72 bits per heavy atom. The van der Waals surface area contributed by atoms with Crippen LogP contribution >= 0.6 is 0 Å². The van der Waals surface area contributed by atoms with E-state index in [4.69, 9.17) is 4.74 Å². The van der Waals surface area contributed by atoms with Crippen LogP contribution in [0.25, 0.3) is 33.9 Å². The minimum atomic E-state index is -1.32. The number of benzene rings is 2. The van der Waals surface area contributed by atoms with E-state index in [-0.39, 0.29) is 95.5 Å². The lowest BCUT2D eigenvalue weighted by Crippen LogP contribution is -2.45. The summed E-state index contributed by atoms with van der Waals surface area (Å²) in [4.78, 5) is 52.1. The summed E-state index contributed by atoms with van der Waals surface area (Å²) in [5, 5.41) is 50.6. The highest BCUT2D eigenvalue weighted by atomic mass is 19.1. The molecule has 4 aromatic heterocycles. The molecule has 8 heterocycles. The Bertz CT molecular complexity index is 3200. The average molecular weight is 973 g/mol. The van der Waals surface area contributed by atoms with Crippen molar-refractivity contribution in [1.82, 2.24) is 39.7 Å². The highest BCUT2D eigenvalue weighted by Gasteiger charge is 2.40. The molecular formula is C49H44F4N12O6. The highest BCUT2D eigenvalue weighted by molar-refractivity contribution is 6.09. The lowest BCUT2D eigenvalue weighted by Gasteiger charge is -2.32. The van der Waals surface area contributed by atoms with Gasteiger partial charge in [0.15, 0.2) is 11.6 Å². The molecule has 2 saturated heterocycles. The van der Waals surface area contributed by atoms with Crippen molar-refractivity contribution in [2.24, 2.45) is 0 Å². The molecule has 3 N–H and O–H groups in total. The van der Waals surface area contributed by atoms with Crippen molar-refractivity contribution in [2.45, 2.75) is 76.9 Å². The number of rotatable bonds is 6. The summed E-state index contributed by atoms with van der Waals surface area (Å²) in [6, 6.07) is 18.5. The molecule has 18 nitrogen and oxygen atoms in total. The molecule has 0 saturated carbocycles. The highest BCUT2D eigenvalue weighted by Crippen LogP contribution is 2.36. The molecule has 2 fully saturated rings. The fourth-order valence-electron chi connectivity index (χ4n) is 8.79. The number of anilines is 2. The SMILES string of the molecule is CC(C)(C)OC(=O)N1Cc2nc(-c3c(F)cccc3C#N)cc(-n3ccc(N4CCC(F)C(O)C4)n3)c2C1=O.N#Cc1cccc(F)c1-c1cc(-n2ccc(N3CCC(F)C(O)C3)n2)c2c(n1)CNC2=O. The van der Waals surface area contributed by atoms with Crippen molar-refractivity contribution in [3.05, 3.63) is 118 Å². The second kappa shape index (κ2) is 18.9. The number of β-amino-alcohol motifs (C(OH)–C–C–N with tert-alkyl or cyclic N) is 2. The van der Waals surface area contributed by atoms with Gasteiger partial charge in [0.1, 0.15) is 41.8 Å². The number of imide groups is 1. The zero-order chi connectivity index (χ0) is 50.5. The van der Waals surface area contributed by atoms with Crippen LogP contribution in [0.3, 0.4) is 0 Å². The number of nitrogens with zero attached hydrogens (tertiary/aromatic N) is 11.